The van der Waals surface area contributed by atoms with Crippen LogP contribution in [0.4, 0.5) is 0 Å². The number of nitrogens with zero attached hydrogens (tertiary/aromatic N) is 2. The second-order valence-corrected chi connectivity index (χ2v) is 6.80. The second kappa shape index (κ2) is 4.67. The number of rotatable bonds is 5. The zero-order chi connectivity index (χ0) is 12.7. The first kappa shape index (κ1) is 12.2. The highest BCUT2D eigenvalue weighted by atomic mass is 32.1. The van der Waals surface area contributed by atoms with Gasteiger partial charge in [0.15, 0.2) is 4.96 Å². The Morgan fingerprint density at radius 3 is 3.00 bits per heavy atom. The molecule has 0 aliphatic heterocycles. The van der Waals surface area contributed by atoms with Crippen LogP contribution in [0.3, 0.4) is 0 Å². The van der Waals surface area contributed by atoms with Gasteiger partial charge in [0, 0.05) is 17.6 Å². The van der Waals surface area contributed by atoms with E-state index in [1.807, 2.05) is 0 Å². The molecule has 1 saturated carbocycles. The molecule has 0 saturated heterocycles. The predicted octanol–water partition coefficient (Wildman–Crippen LogP) is 3.15. The summed E-state index contributed by atoms with van der Waals surface area (Å²) in [7, 11) is 0. The highest BCUT2D eigenvalue weighted by molar-refractivity contribution is 7.17. The third-order valence-corrected chi connectivity index (χ3v) is 4.82. The predicted molar refractivity (Wildman–Crippen MR) is 76.1 cm³/mol. The largest absolute Gasteiger partial charge is 0.311 e. The summed E-state index contributed by atoms with van der Waals surface area (Å²) >= 11 is 1.77. The van der Waals surface area contributed by atoms with Crippen LogP contribution in [0.1, 0.15) is 36.0 Å². The molecule has 4 heteroatoms. The number of thiazole rings is 1. The van der Waals surface area contributed by atoms with Gasteiger partial charge in [-0.2, -0.15) is 0 Å². The van der Waals surface area contributed by atoms with E-state index in [4.69, 9.17) is 0 Å². The summed E-state index contributed by atoms with van der Waals surface area (Å²) in [6, 6.07) is 0. The minimum atomic E-state index is 0.818. The second-order valence-electron chi connectivity index (χ2n) is 5.58. The average Bonchev–Trinajstić information content (AvgIpc) is 3.05. The van der Waals surface area contributed by atoms with Crippen LogP contribution >= 0.6 is 11.3 Å². The van der Waals surface area contributed by atoms with Crippen LogP contribution in [0.25, 0.3) is 4.96 Å². The maximum Gasteiger partial charge on any atom is 0.194 e. The molecule has 1 aliphatic carbocycles. The quantitative estimate of drug-likeness (QED) is 0.898. The molecule has 0 amide bonds. The fourth-order valence-corrected chi connectivity index (χ4v) is 3.46. The lowest BCUT2D eigenvalue weighted by Crippen LogP contribution is -2.22. The smallest absolute Gasteiger partial charge is 0.194 e. The van der Waals surface area contributed by atoms with E-state index in [0.29, 0.717) is 0 Å². The first-order valence-corrected chi connectivity index (χ1v) is 7.61. The van der Waals surface area contributed by atoms with Crippen LogP contribution in [0.5, 0.6) is 0 Å². The van der Waals surface area contributed by atoms with E-state index in [9.17, 15) is 0 Å². The molecule has 18 heavy (non-hydrogen) atoms. The maximum absolute atomic E-state index is 4.62. The number of hydrogen-bond acceptors (Lipinski definition) is 3. The summed E-state index contributed by atoms with van der Waals surface area (Å²) in [5.74, 6) is 1.80. The lowest BCUT2D eigenvalue weighted by Gasteiger charge is -2.11. The zero-order valence-corrected chi connectivity index (χ0v) is 12.2. The van der Waals surface area contributed by atoms with Crippen molar-refractivity contribution in [3.05, 3.63) is 22.5 Å². The SMILES string of the molecule is Cc1cn2c(CNCC(C)C3CC3)c(C)nc2s1. The number of nitrogens with one attached hydrogen (secondary N) is 1. The minimum Gasteiger partial charge on any atom is -0.311 e. The molecule has 1 aliphatic rings. The van der Waals surface area contributed by atoms with Crippen molar-refractivity contribution < 1.29 is 0 Å². The molecule has 2 aromatic rings. The van der Waals surface area contributed by atoms with Crippen molar-refractivity contribution in [2.45, 2.75) is 40.2 Å². The number of hydrogen-bond donors (Lipinski definition) is 1. The van der Waals surface area contributed by atoms with Gasteiger partial charge in [-0.3, -0.25) is 4.40 Å². The van der Waals surface area contributed by atoms with Crippen LogP contribution in [-0.2, 0) is 6.54 Å². The van der Waals surface area contributed by atoms with Crippen molar-refractivity contribution in [1.29, 1.82) is 0 Å². The summed E-state index contributed by atoms with van der Waals surface area (Å²) in [4.78, 5) is 7.07. The van der Waals surface area contributed by atoms with Crippen molar-refractivity contribution >= 4 is 16.3 Å². The molecule has 1 atom stereocenters. The van der Waals surface area contributed by atoms with Crippen LogP contribution in [0.2, 0.25) is 0 Å². The number of fused-ring (bicyclic) bond motifs is 1. The Morgan fingerprint density at radius 1 is 1.50 bits per heavy atom. The van der Waals surface area contributed by atoms with Crippen LogP contribution < -0.4 is 5.32 Å². The van der Waals surface area contributed by atoms with Gasteiger partial charge in [0.05, 0.1) is 11.4 Å². The molecular formula is C14H21N3S. The molecule has 3 rings (SSSR count). The molecule has 0 bridgehead atoms. The standard InChI is InChI=1S/C14H21N3S/c1-9(12-4-5-12)6-15-7-13-11(3)16-14-17(13)8-10(2)18-14/h8-9,12,15H,4-7H2,1-3H3. The maximum atomic E-state index is 4.62. The minimum absolute atomic E-state index is 0.818. The fourth-order valence-electron chi connectivity index (χ4n) is 2.57. The lowest BCUT2D eigenvalue weighted by molar-refractivity contribution is 0.459. The van der Waals surface area contributed by atoms with E-state index >= 15 is 0 Å². The molecule has 3 nitrogen and oxygen atoms in total. The van der Waals surface area contributed by atoms with Gasteiger partial charge >= 0.3 is 0 Å². The van der Waals surface area contributed by atoms with Gasteiger partial charge in [0.2, 0.25) is 0 Å². The molecule has 1 fully saturated rings. The Kier molecular flexibility index (Phi) is 3.16. The molecule has 0 aromatic carbocycles. The highest BCUT2D eigenvalue weighted by Crippen LogP contribution is 2.36. The monoisotopic (exact) mass is 263 g/mol. The Bertz CT molecular complexity index is 551. The topological polar surface area (TPSA) is 29.3 Å². The number of aryl methyl sites for hydroxylation is 2. The Balaban J connectivity index is 1.67. The summed E-state index contributed by atoms with van der Waals surface area (Å²) in [5, 5.41) is 3.59. The van der Waals surface area contributed by atoms with Crippen LogP contribution in [0, 0.1) is 25.7 Å². The van der Waals surface area contributed by atoms with Gasteiger partial charge in [-0.25, -0.2) is 4.98 Å². The van der Waals surface area contributed by atoms with E-state index in [1.165, 1.54) is 23.4 Å². The average molecular weight is 263 g/mol. The summed E-state index contributed by atoms with van der Waals surface area (Å²) < 4.78 is 2.24. The molecule has 0 radical (unpaired) electrons. The van der Waals surface area contributed by atoms with Crippen LogP contribution in [-0.4, -0.2) is 15.9 Å². The van der Waals surface area contributed by atoms with Gasteiger partial charge in [-0.05, 0) is 45.1 Å². The molecule has 2 aromatic heterocycles. The summed E-state index contributed by atoms with van der Waals surface area (Å²) in [6.45, 7) is 8.66. The first-order chi connectivity index (χ1) is 8.65. The Hall–Kier alpha value is -0.870. The van der Waals surface area contributed by atoms with Crippen molar-refractivity contribution in [3.63, 3.8) is 0 Å². The molecule has 98 valence electrons. The highest BCUT2D eigenvalue weighted by Gasteiger charge is 2.27. The number of aromatic nitrogens is 2. The van der Waals surface area contributed by atoms with E-state index in [2.05, 4.69) is 41.7 Å². The lowest BCUT2D eigenvalue weighted by atomic mass is 10.1. The van der Waals surface area contributed by atoms with E-state index in [0.717, 1.165) is 35.6 Å². The molecule has 2 heterocycles. The molecule has 0 spiro atoms. The van der Waals surface area contributed by atoms with E-state index < -0.39 is 0 Å². The zero-order valence-electron chi connectivity index (χ0n) is 11.4. The van der Waals surface area contributed by atoms with Gasteiger partial charge in [0.1, 0.15) is 0 Å². The van der Waals surface area contributed by atoms with Gasteiger partial charge in [-0.1, -0.05) is 6.92 Å². The van der Waals surface area contributed by atoms with Crippen molar-refractivity contribution in [1.82, 2.24) is 14.7 Å². The third kappa shape index (κ3) is 2.31. The van der Waals surface area contributed by atoms with Gasteiger partial charge in [-0.15, -0.1) is 11.3 Å². The van der Waals surface area contributed by atoms with Gasteiger partial charge < -0.3 is 5.32 Å². The van der Waals surface area contributed by atoms with Crippen LogP contribution in [0.15, 0.2) is 6.20 Å². The molecule has 1 N–H and O–H groups in total. The van der Waals surface area contributed by atoms with Crippen molar-refractivity contribution in [2.24, 2.45) is 11.8 Å². The Morgan fingerprint density at radius 2 is 2.28 bits per heavy atom. The molecule has 1 unspecified atom stereocenters. The molecular weight excluding hydrogens is 242 g/mol. The third-order valence-electron chi connectivity index (χ3n) is 3.93. The summed E-state index contributed by atoms with van der Waals surface area (Å²) in [5.41, 5.74) is 2.48. The van der Waals surface area contributed by atoms with Crippen molar-refractivity contribution in [3.8, 4) is 0 Å². The van der Waals surface area contributed by atoms with Gasteiger partial charge in [0.25, 0.3) is 0 Å². The normalized spacial score (nSPS) is 17.5. The van der Waals surface area contributed by atoms with Crippen molar-refractivity contribution in [2.75, 3.05) is 6.54 Å². The van der Waals surface area contributed by atoms with E-state index in [1.54, 1.807) is 11.3 Å². The first-order valence-electron chi connectivity index (χ1n) is 6.80. The summed E-state index contributed by atoms with van der Waals surface area (Å²) in [6.07, 6.45) is 5.06. The Labute approximate surface area is 112 Å². The van der Waals surface area contributed by atoms with E-state index in [-0.39, 0.29) is 0 Å². The fraction of sp³-hybridized carbons (Fsp3) is 0.643. The number of imidazole rings is 1.